The molecule has 132 valence electrons. The van der Waals surface area contributed by atoms with Gasteiger partial charge in [-0.1, -0.05) is 38.1 Å². The van der Waals surface area contributed by atoms with Crippen LogP contribution in [0.2, 0.25) is 0 Å². The van der Waals surface area contributed by atoms with E-state index in [-0.39, 0.29) is 16.7 Å². The molecule has 0 unspecified atom stereocenters. The average Bonchev–Trinajstić information content (AvgIpc) is 2.59. The van der Waals surface area contributed by atoms with Gasteiger partial charge in [-0.15, -0.1) is 6.58 Å². The van der Waals surface area contributed by atoms with Gasteiger partial charge < -0.3 is 5.32 Å². The number of rotatable bonds is 7. The molecule has 2 rings (SSSR count). The van der Waals surface area contributed by atoms with E-state index in [0.29, 0.717) is 17.8 Å². The highest BCUT2D eigenvalue weighted by Gasteiger charge is 2.17. The summed E-state index contributed by atoms with van der Waals surface area (Å²) in [6.45, 7) is 7.89. The minimum atomic E-state index is -3.73. The highest BCUT2D eigenvalue weighted by atomic mass is 32.2. The lowest BCUT2D eigenvalue weighted by molar-refractivity contribution is 0.0958. The lowest BCUT2D eigenvalue weighted by Gasteiger charge is -2.15. The third-order valence-electron chi connectivity index (χ3n) is 3.66. The standard InChI is InChI=1S/C19H22N2O3S/c1-4-13-20-19(22)15-9-11-16(12-10-15)25(23,24)21-18-8-6-5-7-17(18)14(2)3/h4-12,14,21H,1,13H2,2-3H3,(H,20,22). The number of anilines is 1. The first kappa shape index (κ1) is 18.7. The first-order valence-corrected chi connectivity index (χ1v) is 9.44. The summed E-state index contributed by atoms with van der Waals surface area (Å²) in [7, 11) is -3.73. The molecule has 2 aromatic rings. The second-order valence-corrected chi connectivity index (χ2v) is 7.55. The fourth-order valence-corrected chi connectivity index (χ4v) is 3.44. The van der Waals surface area contributed by atoms with Gasteiger partial charge in [0.2, 0.25) is 0 Å². The zero-order valence-corrected chi connectivity index (χ0v) is 15.1. The molecule has 0 radical (unpaired) electrons. The fraction of sp³-hybridized carbons (Fsp3) is 0.211. The second kappa shape index (κ2) is 7.98. The van der Waals surface area contributed by atoms with Crippen LogP contribution in [0.3, 0.4) is 0 Å². The van der Waals surface area contributed by atoms with Crippen molar-refractivity contribution < 1.29 is 13.2 Å². The highest BCUT2D eigenvalue weighted by molar-refractivity contribution is 7.92. The number of carbonyl (C=O) groups excluding carboxylic acids is 1. The van der Waals surface area contributed by atoms with Crippen LogP contribution < -0.4 is 10.0 Å². The minimum absolute atomic E-state index is 0.103. The van der Waals surface area contributed by atoms with Gasteiger partial charge in [0.1, 0.15) is 0 Å². The van der Waals surface area contributed by atoms with E-state index in [9.17, 15) is 13.2 Å². The molecule has 0 atom stereocenters. The van der Waals surface area contributed by atoms with Gasteiger partial charge >= 0.3 is 0 Å². The highest BCUT2D eigenvalue weighted by Crippen LogP contribution is 2.26. The Kier molecular flexibility index (Phi) is 5.98. The number of sulfonamides is 1. The lowest BCUT2D eigenvalue weighted by atomic mass is 10.0. The number of hydrogen-bond acceptors (Lipinski definition) is 3. The number of nitrogens with one attached hydrogen (secondary N) is 2. The first-order valence-electron chi connectivity index (χ1n) is 7.96. The monoisotopic (exact) mass is 358 g/mol. The SMILES string of the molecule is C=CCNC(=O)c1ccc(S(=O)(=O)Nc2ccccc2C(C)C)cc1. The summed E-state index contributed by atoms with van der Waals surface area (Å²) < 4.78 is 27.8. The average molecular weight is 358 g/mol. The molecular formula is C19H22N2O3S. The maximum atomic E-state index is 12.6. The van der Waals surface area contributed by atoms with E-state index >= 15 is 0 Å². The summed E-state index contributed by atoms with van der Waals surface area (Å²) in [5, 5.41) is 2.64. The summed E-state index contributed by atoms with van der Waals surface area (Å²) in [5.74, 6) is -0.0863. The van der Waals surface area contributed by atoms with Crippen molar-refractivity contribution in [2.24, 2.45) is 0 Å². The Morgan fingerprint density at radius 2 is 1.76 bits per heavy atom. The van der Waals surface area contributed by atoms with E-state index in [1.54, 1.807) is 18.2 Å². The van der Waals surface area contributed by atoms with Crippen molar-refractivity contribution in [3.8, 4) is 0 Å². The molecule has 0 saturated carbocycles. The van der Waals surface area contributed by atoms with Crippen LogP contribution in [0.5, 0.6) is 0 Å². The number of hydrogen-bond donors (Lipinski definition) is 2. The van der Waals surface area contributed by atoms with Crippen LogP contribution in [0.4, 0.5) is 5.69 Å². The number of benzene rings is 2. The Morgan fingerprint density at radius 3 is 2.36 bits per heavy atom. The maximum absolute atomic E-state index is 12.6. The van der Waals surface area contributed by atoms with Crippen molar-refractivity contribution in [2.45, 2.75) is 24.7 Å². The van der Waals surface area contributed by atoms with E-state index in [1.807, 2.05) is 26.0 Å². The van der Waals surface area contributed by atoms with Gasteiger partial charge in [-0.2, -0.15) is 0 Å². The summed E-state index contributed by atoms with van der Waals surface area (Å²) >= 11 is 0. The summed E-state index contributed by atoms with van der Waals surface area (Å²) in [6, 6.07) is 13.1. The lowest BCUT2D eigenvalue weighted by Crippen LogP contribution is -2.23. The second-order valence-electron chi connectivity index (χ2n) is 5.87. The zero-order valence-electron chi connectivity index (χ0n) is 14.3. The van der Waals surface area contributed by atoms with E-state index in [0.717, 1.165) is 5.56 Å². The fourth-order valence-electron chi connectivity index (χ4n) is 2.35. The van der Waals surface area contributed by atoms with Crippen molar-refractivity contribution in [2.75, 3.05) is 11.3 Å². The molecule has 2 aromatic carbocycles. The van der Waals surface area contributed by atoms with Crippen molar-refractivity contribution in [3.63, 3.8) is 0 Å². The molecule has 1 amide bonds. The predicted molar refractivity (Wildman–Crippen MR) is 100 cm³/mol. The Balaban J connectivity index is 2.23. The molecule has 5 nitrogen and oxygen atoms in total. The van der Waals surface area contributed by atoms with Gasteiger partial charge in [-0.05, 0) is 41.8 Å². The van der Waals surface area contributed by atoms with E-state index in [4.69, 9.17) is 0 Å². The molecule has 0 spiro atoms. The Labute approximate surface area is 148 Å². The van der Waals surface area contributed by atoms with E-state index in [1.165, 1.54) is 24.3 Å². The van der Waals surface area contributed by atoms with Crippen LogP contribution in [0, 0.1) is 0 Å². The molecule has 0 saturated heterocycles. The quantitative estimate of drug-likeness (QED) is 0.744. The van der Waals surface area contributed by atoms with Crippen molar-refractivity contribution in [1.29, 1.82) is 0 Å². The Bertz CT molecular complexity index is 856. The van der Waals surface area contributed by atoms with Crippen molar-refractivity contribution in [1.82, 2.24) is 5.32 Å². The van der Waals surface area contributed by atoms with Gasteiger partial charge in [-0.25, -0.2) is 8.42 Å². The minimum Gasteiger partial charge on any atom is -0.349 e. The maximum Gasteiger partial charge on any atom is 0.261 e. The zero-order chi connectivity index (χ0) is 18.4. The molecule has 0 fully saturated rings. The van der Waals surface area contributed by atoms with Crippen LogP contribution in [-0.4, -0.2) is 20.9 Å². The van der Waals surface area contributed by atoms with Gasteiger partial charge in [0.05, 0.1) is 10.6 Å². The van der Waals surface area contributed by atoms with E-state index in [2.05, 4.69) is 16.6 Å². The summed E-state index contributed by atoms with van der Waals surface area (Å²) in [6.07, 6.45) is 1.58. The summed E-state index contributed by atoms with van der Waals surface area (Å²) in [4.78, 5) is 12.0. The molecule has 0 aromatic heterocycles. The van der Waals surface area contributed by atoms with Crippen molar-refractivity contribution in [3.05, 3.63) is 72.3 Å². The number of para-hydroxylation sites is 1. The van der Waals surface area contributed by atoms with Gasteiger partial charge in [0, 0.05) is 12.1 Å². The Hall–Kier alpha value is -2.60. The Morgan fingerprint density at radius 1 is 1.12 bits per heavy atom. The van der Waals surface area contributed by atoms with Crippen LogP contribution in [0.1, 0.15) is 35.7 Å². The van der Waals surface area contributed by atoms with Crippen LogP contribution in [0.25, 0.3) is 0 Å². The molecular weight excluding hydrogens is 336 g/mol. The molecule has 6 heteroatoms. The third kappa shape index (κ3) is 4.70. The molecule has 0 aliphatic heterocycles. The number of amides is 1. The normalized spacial score (nSPS) is 11.2. The molecule has 0 heterocycles. The smallest absolute Gasteiger partial charge is 0.261 e. The van der Waals surface area contributed by atoms with Crippen molar-refractivity contribution >= 4 is 21.6 Å². The largest absolute Gasteiger partial charge is 0.349 e. The molecule has 0 bridgehead atoms. The number of carbonyl (C=O) groups is 1. The molecule has 0 aliphatic carbocycles. The predicted octanol–water partition coefficient (Wildman–Crippen LogP) is 3.53. The molecule has 2 N–H and O–H groups in total. The first-order chi connectivity index (χ1) is 11.8. The summed E-state index contributed by atoms with van der Waals surface area (Å²) in [5.41, 5.74) is 1.88. The van der Waals surface area contributed by atoms with Gasteiger partial charge in [-0.3, -0.25) is 9.52 Å². The van der Waals surface area contributed by atoms with Gasteiger partial charge in [0.25, 0.3) is 15.9 Å². The van der Waals surface area contributed by atoms with Crippen LogP contribution in [0.15, 0.2) is 66.1 Å². The molecule has 0 aliphatic rings. The van der Waals surface area contributed by atoms with Crippen LogP contribution in [-0.2, 0) is 10.0 Å². The molecule has 25 heavy (non-hydrogen) atoms. The third-order valence-corrected chi connectivity index (χ3v) is 5.04. The van der Waals surface area contributed by atoms with E-state index < -0.39 is 10.0 Å². The van der Waals surface area contributed by atoms with Gasteiger partial charge in [0.15, 0.2) is 0 Å². The van der Waals surface area contributed by atoms with Crippen LogP contribution >= 0.6 is 0 Å². The topological polar surface area (TPSA) is 75.3 Å².